The van der Waals surface area contributed by atoms with Crippen molar-refractivity contribution in [1.29, 1.82) is 5.26 Å². The number of halogens is 1. The van der Waals surface area contributed by atoms with Crippen molar-refractivity contribution in [2.45, 2.75) is 6.04 Å². The Balaban J connectivity index is 1.37. The van der Waals surface area contributed by atoms with E-state index in [0.29, 0.717) is 37.3 Å². The van der Waals surface area contributed by atoms with Crippen LogP contribution in [0.4, 0.5) is 4.39 Å². The summed E-state index contributed by atoms with van der Waals surface area (Å²) in [6.45, 7) is 1.84. The monoisotopic (exact) mass is 658 g/mol. The second kappa shape index (κ2) is 14.4. The molecule has 0 N–H and O–H groups in total. The SMILES string of the molecule is COC(=O)c1ccc(/C=c2\s/c(=C(/C#N)C(=O)N3CCN(C(c4ccccc4)c4ccccc4)CC3)n(-c3ccccc3F)c2=O)cc1. The van der Waals surface area contributed by atoms with E-state index in [1.165, 1.54) is 25.3 Å². The van der Waals surface area contributed by atoms with Gasteiger partial charge in [-0.2, -0.15) is 5.26 Å². The zero-order valence-corrected chi connectivity index (χ0v) is 26.9. The van der Waals surface area contributed by atoms with Crippen molar-refractivity contribution < 1.29 is 18.7 Å². The number of nitrogens with zero attached hydrogens (tertiary/aromatic N) is 4. The lowest BCUT2D eigenvalue weighted by atomic mass is 9.96. The van der Waals surface area contributed by atoms with Gasteiger partial charge in [-0.05, 0) is 47.0 Å². The Labute approximate surface area is 280 Å². The summed E-state index contributed by atoms with van der Waals surface area (Å²) in [6, 6.07) is 34.6. The molecular formula is C38H31FN4O4S. The van der Waals surface area contributed by atoms with Crippen LogP contribution in [-0.2, 0) is 9.53 Å². The molecule has 0 saturated carbocycles. The molecule has 0 spiro atoms. The smallest absolute Gasteiger partial charge is 0.337 e. The molecule has 0 unspecified atom stereocenters. The van der Waals surface area contributed by atoms with Gasteiger partial charge in [0.25, 0.3) is 11.5 Å². The number of carbonyl (C=O) groups excluding carboxylic acids is 2. The van der Waals surface area contributed by atoms with Gasteiger partial charge in [0.1, 0.15) is 16.5 Å². The first-order chi connectivity index (χ1) is 23.4. The third-order valence-electron chi connectivity index (χ3n) is 8.28. The van der Waals surface area contributed by atoms with Crippen LogP contribution in [0.15, 0.2) is 114 Å². The number of aromatic nitrogens is 1. The number of rotatable bonds is 7. The molecule has 1 fully saturated rings. The van der Waals surface area contributed by atoms with Crippen LogP contribution in [0.25, 0.3) is 17.3 Å². The zero-order valence-electron chi connectivity index (χ0n) is 26.1. The van der Waals surface area contributed by atoms with Gasteiger partial charge in [0.15, 0.2) is 5.57 Å². The van der Waals surface area contributed by atoms with Crippen molar-refractivity contribution in [3.63, 3.8) is 0 Å². The van der Waals surface area contributed by atoms with Crippen molar-refractivity contribution >= 4 is 34.9 Å². The number of ether oxygens (including phenoxy) is 1. The number of hydrogen-bond acceptors (Lipinski definition) is 7. The number of amides is 1. The molecule has 0 aliphatic carbocycles. The summed E-state index contributed by atoms with van der Waals surface area (Å²) in [5, 5.41) is 10.4. The Morgan fingerprint density at radius 1 is 0.854 bits per heavy atom. The standard InChI is InChI=1S/C38H31FN4O4S/c1-47-38(46)29-18-16-26(17-19-29)24-33-36(45)43(32-15-9-8-14-31(32)39)37(48-33)30(25-40)35(44)42-22-20-41(21-23-42)34(27-10-4-2-5-11-27)28-12-6-3-7-13-28/h2-19,24,34H,20-23H2,1H3/b33-24-,37-30-. The maximum Gasteiger partial charge on any atom is 0.337 e. The molecule has 8 nitrogen and oxygen atoms in total. The minimum atomic E-state index is -0.668. The van der Waals surface area contributed by atoms with Gasteiger partial charge in [0.2, 0.25) is 0 Å². The van der Waals surface area contributed by atoms with Gasteiger partial charge >= 0.3 is 5.97 Å². The van der Waals surface area contributed by atoms with Crippen LogP contribution >= 0.6 is 11.3 Å². The molecule has 1 aliphatic heterocycles. The molecule has 2 heterocycles. The summed E-state index contributed by atoms with van der Waals surface area (Å²) in [7, 11) is 1.29. The van der Waals surface area contributed by atoms with Gasteiger partial charge in [-0.15, -0.1) is 11.3 Å². The number of carbonyl (C=O) groups is 2. The van der Waals surface area contributed by atoms with Crippen LogP contribution in [0, 0.1) is 17.1 Å². The second-order valence-corrected chi connectivity index (χ2v) is 12.2. The molecule has 240 valence electrons. The summed E-state index contributed by atoms with van der Waals surface area (Å²) in [5.74, 6) is -1.68. The van der Waals surface area contributed by atoms with Gasteiger partial charge in [-0.1, -0.05) is 84.9 Å². The van der Waals surface area contributed by atoms with Crippen LogP contribution in [0.2, 0.25) is 0 Å². The van der Waals surface area contributed by atoms with Crippen molar-refractivity contribution in [2.24, 2.45) is 0 Å². The minimum Gasteiger partial charge on any atom is -0.465 e. The van der Waals surface area contributed by atoms with Crippen LogP contribution < -0.4 is 14.8 Å². The first-order valence-corrected chi connectivity index (χ1v) is 16.2. The number of thiazole rings is 1. The topological polar surface area (TPSA) is 95.6 Å². The number of esters is 1. The highest BCUT2D eigenvalue weighted by molar-refractivity contribution is 7.07. The molecule has 1 saturated heterocycles. The van der Waals surface area contributed by atoms with E-state index < -0.39 is 23.3 Å². The fourth-order valence-corrected chi connectivity index (χ4v) is 6.99. The molecule has 48 heavy (non-hydrogen) atoms. The van der Waals surface area contributed by atoms with Gasteiger partial charge in [-0.3, -0.25) is 19.1 Å². The number of nitriles is 1. The Hall–Kier alpha value is -5.63. The number of piperazine rings is 1. The number of benzene rings is 4. The molecule has 1 aliphatic rings. The van der Waals surface area contributed by atoms with E-state index in [4.69, 9.17) is 4.74 Å². The minimum absolute atomic E-state index is 0.00706. The van der Waals surface area contributed by atoms with Crippen LogP contribution in [0.3, 0.4) is 0 Å². The quantitative estimate of drug-likeness (QED) is 0.243. The largest absolute Gasteiger partial charge is 0.465 e. The van der Waals surface area contributed by atoms with E-state index in [1.54, 1.807) is 41.3 Å². The highest BCUT2D eigenvalue weighted by atomic mass is 32.1. The van der Waals surface area contributed by atoms with E-state index in [-0.39, 0.29) is 26.5 Å². The molecule has 1 aromatic heterocycles. The van der Waals surface area contributed by atoms with E-state index in [9.17, 15) is 19.6 Å². The van der Waals surface area contributed by atoms with Gasteiger partial charge in [0, 0.05) is 26.2 Å². The Morgan fingerprint density at radius 2 is 1.44 bits per heavy atom. The molecule has 1 amide bonds. The van der Waals surface area contributed by atoms with Gasteiger partial charge < -0.3 is 9.64 Å². The summed E-state index contributed by atoms with van der Waals surface area (Å²) < 4.78 is 21.2. The molecule has 10 heteroatoms. The number of hydrogen-bond donors (Lipinski definition) is 0. The van der Waals surface area contributed by atoms with Crippen LogP contribution in [0.5, 0.6) is 0 Å². The lowest BCUT2D eigenvalue weighted by Gasteiger charge is -2.39. The molecule has 4 aromatic carbocycles. The molecule has 0 radical (unpaired) electrons. The van der Waals surface area contributed by atoms with Crippen molar-refractivity contribution in [3.05, 3.63) is 157 Å². The van der Waals surface area contributed by atoms with Crippen molar-refractivity contribution in [1.82, 2.24) is 14.4 Å². The maximum absolute atomic E-state index is 15.1. The van der Waals surface area contributed by atoms with E-state index in [2.05, 4.69) is 29.2 Å². The predicted molar refractivity (Wildman–Crippen MR) is 182 cm³/mol. The molecule has 0 bridgehead atoms. The average molecular weight is 659 g/mol. The number of methoxy groups -OCH3 is 1. The fraction of sp³-hybridized carbons (Fsp3) is 0.158. The van der Waals surface area contributed by atoms with Crippen molar-refractivity contribution in [3.8, 4) is 11.8 Å². The summed E-state index contributed by atoms with van der Waals surface area (Å²) in [5.41, 5.74) is 2.35. The van der Waals surface area contributed by atoms with Gasteiger partial charge in [0.05, 0.1) is 28.9 Å². The lowest BCUT2D eigenvalue weighted by Crippen LogP contribution is -2.50. The summed E-state index contributed by atoms with van der Waals surface area (Å²) in [4.78, 5) is 43.6. The fourth-order valence-electron chi connectivity index (χ4n) is 5.90. The average Bonchev–Trinajstić information content (AvgIpc) is 3.44. The normalized spacial score (nSPS) is 14.5. The highest BCUT2D eigenvalue weighted by Crippen LogP contribution is 2.29. The molecular weight excluding hydrogens is 628 g/mol. The van der Waals surface area contributed by atoms with E-state index >= 15 is 4.39 Å². The third-order valence-corrected chi connectivity index (χ3v) is 9.38. The van der Waals surface area contributed by atoms with Crippen molar-refractivity contribution in [2.75, 3.05) is 33.3 Å². The van der Waals surface area contributed by atoms with E-state index in [0.717, 1.165) is 27.0 Å². The molecule has 0 atom stereocenters. The predicted octanol–water partition coefficient (Wildman–Crippen LogP) is 4.26. The highest BCUT2D eigenvalue weighted by Gasteiger charge is 2.30. The Morgan fingerprint density at radius 3 is 2.00 bits per heavy atom. The zero-order chi connectivity index (χ0) is 33.6. The lowest BCUT2D eigenvalue weighted by molar-refractivity contribution is -0.126. The number of para-hydroxylation sites is 1. The van der Waals surface area contributed by atoms with Crippen LogP contribution in [-0.4, -0.2) is 59.5 Å². The van der Waals surface area contributed by atoms with Gasteiger partial charge in [-0.25, -0.2) is 9.18 Å². The van der Waals surface area contributed by atoms with E-state index in [1.807, 2.05) is 42.5 Å². The summed E-state index contributed by atoms with van der Waals surface area (Å²) in [6.07, 6.45) is 1.58. The second-order valence-electron chi connectivity index (χ2n) is 11.2. The maximum atomic E-state index is 15.1. The Bertz CT molecular complexity index is 2130. The molecule has 6 rings (SSSR count). The summed E-state index contributed by atoms with van der Waals surface area (Å²) >= 11 is 0.944. The Kier molecular flexibility index (Phi) is 9.71. The third kappa shape index (κ3) is 6.60. The first kappa shape index (κ1) is 32.3. The van der Waals surface area contributed by atoms with Crippen LogP contribution in [0.1, 0.15) is 33.1 Å². The first-order valence-electron chi connectivity index (χ1n) is 15.3. The molecule has 5 aromatic rings.